The topological polar surface area (TPSA) is 45.9 Å². The minimum Gasteiger partial charge on any atom is -0.454 e. The maximum absolute atomic E-state index is 8.62. The van der Waals surface area contributed by atoms with Crippen molar-refractivity contribution >= 4 is 11.6 Å². The van der Waals surface area contributed by atoms with Crippen molar-refractivity contribution in [2.75, 3.05) is 0 Å². The summed E-state index contributed by atoms with van der Waals surface area (Å²) in [4.78, 5) is 3.91. The highest BCUT2D eigenvalue weighted by Gasteiger charge is 2.03. The first kappa shape index (κ1) is 11.4. The van der Waals surface area contributed by atoms with Crippen molar-refractivity contribution in [3.05, 3.63) is 52.8 Å². The number of aromatic nitrogens is 1. The van der Waals surface area contributed by atoms with Gasteiger partial charge < -0.3 is 4.74 Å². The van der Waals surface area contributed by atoms with Crippen LogP contribution in [0.2, 0.25) is 5.02 Å². The molecule has 0 aliphatic heterocycles. The molecule has 0 saturated carbocycles. The number of nitriles is 1. The molecule has 0 saturated heterocycles. The molecule has 1 aromatic heterocycles. The number of hydrogen-bond donors (Lipinski definition) is 0. The number of aryl methyl sites for hydroxylation is 1. The molecule has 0 spiro atoms. The first-order valence-corrected chi connectivity index (χ1v) is 5.37. The highest BCUT2D eigenvalue weighted by Crippen LogP contribution is 2.29. The van der Waals surface area contributed by atoms with Gasteiger partial charge in [0.2, 0.25) is 0 Å². The molecular formula is C13H9ClN2O. The Morgan fingerprint density at radius 2 is 2.12 bits per heavy atom. The van der Waals surface area contributed by atoms with Crippen molar-refractivity contribution in [3.63, 3.8) is 0 Å². The fraction of sp³-hybridized carbons (Fsp3) is 0.0769. The maximum atomic E-state index is 8.62. The average molecular weight is 245 g/mol. The van der Waals surface area contributed by atoms with Crippen LogP contribution in [0.25, 0.3) is 0 Å². The van der Waals surface area contributed by atoms with Crippen molar-refractivity contribution < 1.29 is 4.74 Å². The third-order valence-electron chi connectivity index (χ3n) is 2.17. The van der Waals surface area contributed by atoms with Crippen molar-refractivity contribution in [1.29, 1.82) is 5.26 Å². The van der Waals surface area contributed by atoms with E-state index in [-0.39, 0.29) is 0 Å². The number of benzene rings is 1. The van der Waals surface area contributed by atoms with E-state index < -0.39 is 0 Å². The standard InChI is InChI=1S/C13H9ClN2O/c1-9-2-5-13(12(14)6-9)17-11-4-3-10(7-15)16-8-11/h2-6,8H,1H3. The van der Waals surface area contributed by atoms with Crippen LogP contribution in [0.5, 0.6) is 11.5 Å². The number of hydrogen-bond acceptors (Lipinski definition) is 3. The van der Waals surface area contributed by atoms with Crippen LogP contribution in [0, 0.1) is 18.3 Å². The molecule has 2 aromatic rings. The molecule has 0 N–H and O–H groups in total. The summed E-state index contributed by atoms with van der Waals surface area (Å²) in [7, 11) is 0. The minimum atomic E-state index is 0.354. The zero-order valence-corrected chi connectivity index (χ0v) is 9.90. The molecular weight excluding hydrogens is 236 g/mol. The maximum Gasteiger partial charge on any atom is 0.146 e. The average Bonchev–Trinajstić information content (AvgIpc) is 2.34. The summed E-state index contributed by atoms with van der Waals surface area (Å²) in [5.74, 6) is 1.12. The fourth-order valence-corrected chi connectivity index (χ4v) is 1.60. The molecule has 84 valence electrons. The lowest BCUT2D eigenvalue weighted by Gasteiger charge is -2.07. The molecule has 1 aromatic carbocycles. The van der Waals surface area contributed by atoms with Gasteiger partial charge >= 0.3 is 0 Å². The Morgan fingerprint density at radius 3 is 2.71 bits per heavy atom. The summed E-state index contributed by atoms with van der Waals surface area (Å²) in [6.07, 6.45) is 1.49. The number of halogens is 1. The van der Waals surface area contributed by atoms with Crippen molar-refractivity contribution in [2.45, 2.75) is 6.92 Å². The molecule has 1 heterocycles. The molecule has 0 radical (unpaired) electrons. The predicted octanol–water partition coefficient (Wildman–Crippen LogP) is 3.71. The van der Waals surface area contributed by atoms with E-state index in [9.17, 15) is 0 Å². The van der Waals surface area contributed by atoms with Crippen LogP contribution in [-0.2, 0) is 0 Å². The van der Waals surface area contributed by atoms with Gasteiger partial charge in [0.05, 0.1) is 11.2 Å². The van der Waals surface area contributed by atoms with Gasteiger partial charge in [0.1, 0.15) is 23.3 Å². The van der Waals surface area contributed by atoms with E-state index in [0.29, 0.717) is 22.2 Å². The minimum absolute atomic E-state index is 0.354. The first-order valence-electron chi connectivity index (χ1n) is 4.99. The van der Waals surface area contributed by atoms with Gasteiger partial charge in [0, 0.05) is 0 Å². The monoisotopic (exact) mass is 244 g/mol. The molecule has 0 fully saturated rings. The van der Waals surface area contributed by atoms with Crippen LogP contribution in [-0.4, -0.2) is 4.98 Å². The second-order valence-corrected chi connectivity index (χ2v) is 3.93. The molecule has 0 unspecified atom stereocenters. The summed E-state index contributed by atoms with van der Waals surface area (Å²) in [5.41, 5.74) is 1.42. The Bertz CT molecular complexity index is 573. The number of rotatable bonds is 2. The van der Waals surface area contributed by atoms with Gasteiger partial charge in [0.25, 0.3) is 0 Å². The summed E-state index contributed by atoms with van der Waals surface area (Å²) >= 11 is 6.04. The van der Waals surface area contributed by atoms with Crippen molar-refractivity contribution in [3.8, 4) is 17.6 Å². The van der Waals surface area contributed by atoms with Crippen LogP contribution in [0.15, 0.2) is 36.5 Å². The Hall–Kier alpha value is -2.05. The second kappa shape index (κ2) is 4.86. The Balaban J connectivity index is 2.23. The Morgan fingerprint density at radius 1 is 1.29 bits per heavy atom. The lowest BCUT2D eigenvalue weighted by atomic mass is 10.2. The summed E-state index contributed by atoms with van der Waals surface area (Å²) in [5, 5.41) is 9.17. The summed E-state index contributed by atoms with van der Waals surface area (Å²) in [6, 6.07) is 10.8. The zero-order valence-electron chi connectivity index (χ0n) is 9.14. The highest BCUT2D eigenvalue weighted by molar-refractivity contribution is 6.32. The van der Waals surface area contributed by atoms with E-state index in [1.165, 1.54) is 6.20 Å². The van der Waals surface area contributed by atoms with E-state index in [2.05, 4.69) is 4.98 Å². The SMILES string of the molecule is Cc1ccc(Oc2ccc(C#N)nc2)c(Cl)c1. The van der Waals surface area contributed by atoms with Gasteiger partial charge in [-0.15, -0.1) is 0 Å². The predicted molar refractivity (Wildman–Crippen MR) is 65.2 cm³/mol. The number of pyridine rings is 1. The molecule has 17 heavy (non-hydrogen) atoms. The molecule has 0 amide bonds. The van der Waals surface area contributed by atoms with Gasteiger partial charge in [-0.2, -0.15) is 5.26 Å². The van der Waals surface area contributed by atoms with Gasteiger partial charge in [-0.05, 0) is 36.8 Å². The lowest BCUT2D eigenvalue weighted by molar-refractivity contribution is 0.480. The summed E-state index contributed by atoms with van der Waals surface area (Å²) < 4.78 is 5.56. The molecule has 0 atom stereocenters. The van der Waals surface area contributed by atoms with Crippen LogP contribution in [0.3, 0.4) is 0 Å². The van der Waals surface area contributed by atoms with Crippen LogP contribution < -0.4 is 4.74 Å². The van der Waals surface area contributed by atoms with E-state index in [4.69, 9.17) is 21.6 Å². The van der Waals surface area contributed by atoms with Crippen molar-refractivity contribution in [2.24, 2.45) is 0 Å². The van der Waals surface area contributed by atoms with E-state index in [1.54, 1.807) is 18.2 Å². The van der Waals surface area contributed by atoms with Crippen LogP contribution >= 0.6 is 11.6 Å². The smallest absolute Gasteiger partial charge is 0.146 e. The first-order chi connectivity index (χ1) is 8.19. The molecule has 3 nitrogen and oxygen atoms in total. The van der Waals surface area contributed by atoms with E-state index in [0.717, 1.165) is 5.56 Å². The van der Waals surface area contributed by atoms with Gasteiger partial charge in [-0.25, -0.2) is 4.98 Å². The molecule has 0 bridgehead atoms. The normalized spacial score (nSPS) is 9.71. The fourth-order valence-electron chi connectivity index (χ4n) is 1.32. The van der Waals surface area contributed by atoms with E-state index >= 15 is 0 Å². The largest absolute Gasteiger partial charge is 0.454 e. The Labute approximate surface area is 104 Å². The van der Waals surface area contributed by atoms with E-state index in [1.807, 2.05) is 25.1 Å². The summed E-state index contributed by atoms with van der Waals surface area (Å²) in [6.45, 7) is 1.96. The van der Waals surface area contributed by atoms with Crippen LogP contribution in [0.1, 0.15) is 11.3 Å². The van der Waals surface area contributed by atoms with Gasteiger partial charge in [-0.1, -0.05) is 17.7 Å². The number of nitrogens with zero attached hydrogens (tertiary/aromatic N) is 2. The molecule has 4 heteroatoms. The molecule has 0 aliphatic rings. The lowest BCUT2D eigenvalue weighted by Crippen LogP contribution is -1.88. The van der Waals surface area contributed by atoms with Gasteiger partial charge in [-0.3, -0.25) is 0 Å². The quantitative estimate of drug-likeness (QED) is 0.809. The van der Waals surface area contributed by atoms with Gasteiger partial charge in [0.15, 0.2) is 0 Å². The third-order valence-corrected chi connectivity index (χ3v) is 2.46. The van der Waals surface area contributed by atoms with Crippen LogP contribution in [0.4, 0.5) is 0 Å². The second-order valence-electron chi connectivity index (χ2n) is 3.53. The Kier molecular flexibility index (Phi) is 3.27. The van der Waals surface area contributed by atoms with Crippen molar-refractivity contribution in [1.82, 2.24) is 4.98 Å². The molecule has 2 rings (SSSR count). The molecule has 0 aliphatic carbocycles. The third kappa shape index (κ3) is 2.74. The highest BCUT2D eigenvalue weighted by atomic mass is 35.5. The number of ether oxygens (including phenoxy) is 1. The zero-order chi connectivity index (χ0) is 12.3.